The van der Waals surface area contributed by atoms with Crippen LogP contribution in [0, 0.1) is 5.41 Å². The monoisotopic (exact) mass is 547 g/mol. The maximum Gasteiger partial charge on any atom is 0.251 e. The van der Waals surface area contributed by atoms with Gasteiger partial charge in [-0.15, -0.1) is 0 Å². The highest BCUT2D eigenvalue weighted by atomic mass is 16.5. The van der Waals surface area contributed by atoms with E-state index in [1.807, 2.05) is 13.1 Å². The number of ether oxygens (including phenoxy) is 1. The third-order valence-electron chi connectivity index (χ3n) is 9.45. The van der Waals surface area contributed by atoms with Gasteiger partial charge in [-0.2, -0.15) is 4.98 Å². The Morgan fingerprint density at radius 3 is 2.50 bits per heavy atom. The Labute approximate surface area is 236 Å². The summed E-state index contributed by atoms with van der Waals surface area (Å²) in [6.07, 6.45) is 11.3. The molecule has 1 saturated heterocycles. The number of methoxy groups -OCH3 is 1. The van der Waals surface area contributed by atoms with Crippen molar-refractivity contribution in [1.29, 1.82) is 0 Å². The van der Waals surface area contributed by atoms with Gasteiger partial charge in [-0.3, -0.25) is 9.59 Å². The minimum absolute atomic E-state index is 0.0921. The molecule has 1 aromatic heterocycles. The van der Waals surface area contributed by atoms with Crippen LogP contribution in [0.25, 0.3) is 0 Å². The summed E-state index contributed by atoms with van der Waals surface area (Å²) < 4.78 is 5.66. The largest absolute Gasteiger partial charge is 0.495 e. The van der Waals surface area contributed by atoms with E-state index in [1.54, 1.807) is 30.3 Å². The number of aromatic nitrogens is 2. The topological polar surface area (TPSA) is 103 Å². The first-order valence-electron chi connectivity index (χ1n) is 14.7. The van der Waals surface area contributed by atoms with Gasteiger partial charge in [0.05, 0.1) is 24.4 Å². The van der Waals surface area contributed by atoms with E-state index in [0.29, 0.717) is 35.5 Å². The van der Waals surface area contributed by atoms with Crippen LogP contribution in [0.2, 0.25) is 0 Å². The maximum atomic E-state index is 13.5. The molecule has 2 aliphatic carbocycles. The Morgan fingerprint density at radius 1 is 1.07 bits per heavy atom. The van der Waals surface area contributed by atoms with Gasteiger partial charge in [-0.25, -0.2) is 4.98 Å². The number of carbonyl (C=O) groups is 2. The van der Waals surface area contributed by atoms with Gasteiger partial charge in [0.15, 0.2) is 5.82 Å². The van der Waals surface area contributed by atoms with E-state index in [0.717, 1.165) is 69.5 Å². The van der Waals surface area contributed by atoms with E-state index in [9.17, 15) is 9.59 Å². The number of carbonyl (C=O) groups excluding carboxylic acids is 2. The maximum absolute atomic E-state index is 13.5. The Hall–Kier alpha value is -3.40. The number of anilines is 4. The Bertz CT molecular complexity index is 1270. The molecule has 0 radical (unpaired) electrons. The van der Waals surface area contributed by atoms with Crippen LogP contribution >= 0.6 is 0 Å². The van der Waals surface area contributed by atoms with Crippen LogP contribution in [0.3, 0.4) is 0 Å². The van der Waals surface area contributed by atoms with Gasteiger partial charge >= 0.3 is 0 Å². The molecule has 2 aromatic rings. The van der Waals surface area contributed by atoms with Crippen LogP contribution in [0.1, 0.15) is 68.1 Å². The summed E-state index contributed by atoms with van der Waals surface area (Å²) in [5, 5.41) is 6.49. The number of likely N-dealkylation sites (tertiary alicyclic amines) is 1. The van der Waals surface area contributed by atoms with Gasteiger partial charge in [-0.05, 0) is 76.9 Å². The highest BCUT2D eigenvalue weighted by Gasteiger charge is 2.51. The first kappa shape index (κ1) is 26.8. The molecule has 10 heteroatoms. The Balaban J connectivity index is 1.25. The van der Waals surface area contributed by atoms with Gasteiger partial charge < -0.3 is 30.1 Å². The molecule has 6 rings (SSSR count). The number of nitrogens with zero attached hydrogens (tertiary/aromatic N) is 5. The van der Waals surface area contributed by atoms with Crippen molar-refractivity contribution in [3.63, 3.8) is 0 Å². The predicted octanol–water partition coefficient (Wildman–Crippen LogP) is 3.95. The van der Waals surface area contributed by atoms with Gasteiger partial charge in [0, 0.05) is 31.2 Å². The van der Waals surface area contributed by atoms with Crippen molar-refractivity contribution < 1.29 is 14.3 Å². The molecular formula is C30H41N7O3. The second-order valence-corrected chi connectivity index (χ2v) is 12.1. The summed E-state index contributed by atoms with van der Waals surface area (Å²) in [5.74, 6) is 1.89. The van der Waals surface area contributed by atoms with E-state index in [4.69, 9.17) is 9.72 Å². The third kappa shape index (κ3) is 4.98. The van der Waals surface area contributed by atoms with Crippen LogP contribution in [-0.4, -0.2) is 79.6 Å². The second-order valence-electron chi connectivity index (χ2n) is 12.1. The Morgan fingerprint density at radius 2 is 1.82 bits per heavy atom. The Kier molecular flexibility index (Phi) is 7.29. The molecule has 40 heavy (non-hydrogen) atoms. The number of benzene rings is 1. The zero-order chi connectivity index (χ0) is 27.9. The molecule has 214 valence electrons. The quantitative estimate of drug-likeness (QED) is 0.561. The first-order valence-corrected chi connectivity index (χ1v) is 14.7. The van der Waals surface area contributed by atoms with Crippen molar-refractivity contribution in [2.45, 2.75) is 69.9 Å². The van der Waals surface area contributed by atoms with Gasteiger partial charge in [-0.1, -0.05) is 19.3 Å². The molecule has 2 N–H and O–H groups in total. The minimum atomic E-state index is -0.321. The summed E-state index contributed by atoms with van der Waals surface area (Å²) in [6, 6.07) is 5.97. The molecule has 3 heterocycles. The fraction of sp³-hybridized carbons (Fsp3) is 0.600. The molecule has 0 unspecified atom stereocenters. The van der Waals surface area contributed by atoms with Gasteiger partial charge in [0.2, 0.25) is 11.9 Å². The van der Waals surface area contributed by atoms with E-state index in [1.165, 1.54) is 12.8 Å². The summed E-state index contributed by atoms with van der Waals surface area (Å²) in [4.78, 5) is 42.5. The average molecular weight is 548 g/mol. The fourth-order valence-electron chi connectivity index (χ4n) is 6.78. The van der Waals surface area contributed by atoms with Crippen molar-refractivity contribution in [2.75, 3.05) is 56.0 Å². The van der Waals surface area contributed by atoms with Crippen LogP contribution in [0.5, 0.6) is 5.75 Å². The lowest BCUT2D eigenvalue weighted by Crippen LogP contribution is -2.52. The minimum Gasteiger partial charge on any atom is -0.495 e. The van der Waals surface area contributed by atoms with E-state index in [-0.39, 0.29) is 23.3 Å². The molecule has 2 saturated carbocycles. The van der Waals surface area contributed by atoms with Crippen molar-refractivity contribution in [1.82, 2.24) is 20.2 Å². The molecule has 10 nitrogen and oxygen atoms in total. The number of nitrogens with one attached hydrogen (secondary N) is 2. The van der Waals surface area contributed by atoms with Crippen LogP contribution in [0.15, 0.2) is 24.4 Å². The smallest absolute Gasteiger partial charge is 0.251 e. The number of rotatable bonds is 6. The number of fused-ring (bicyclic) bond motifs is 1. The van der Waals surface area contributed by atoms with Crippen LogP contribution in [0.4, 0.5) is 23.1 Å². The van der Waals surface area contributed by atoms with E-state index >= 15 is 0 Å². The molecule has 3 fully saturated rings. The molecule has 2 aliphatic heterocycles. The first-order chi connectivity index (χ1) is 19.4. The number of piperidine rings is 1. The molecule has 0 bridgehead atoms. The van der Waals surface area contributed by atoms with Crippen LogP contribution < -0.4 is 25.2 Å². The van der Waals surface area contributed by atoms with Crippen molar-refractivity contribution >= 4 is 35.0 Å². The fourth-order valence-corrected chi connectivity index (χ4v) is 6.78. The SMILES string of the molecule is COc1cc(C(=O)NC2CCN(C)CC2)ccc1Nc1ncc2c(n1)N(C1CCCC1)CC1(CCC1)C(=O)N2C. The van der Waals surface area contributed by atoms with E-state index < -0.39 is 0 Å². The second kappa shape index (κ2) is 10.9. The van der Waals surface area contributed by atoms with Crippen molar-refractivity contribution in [3.8, 4) is 5.75 Å². The zero-order valence-corrected chi connectivity index (χ0v) is 23.9. The van der Waals surface area contributed by atoms with Gasteiger partial charge in [0.25, 0.3) is 5.91 Å². The average Bonchev–Trinajstić information content (AvgIpc) is 3.45. The highest BCUT2D eigenvalue weighted by Crippen LogP contribution is 2.49. The lowest BCUT2D eigenvalue weighted by molar-refractivity contribution is -0.131. The lowest BCUT2D eigenvalue weighted by Gasteiger charge is -2.44. The number of hydrogen-bond donors (Lipinski definition) is 2. The summed E-state index contributed by atoms with van der Waals surface area (Å²) >= 11 is 0. The molecule has 1 spiro atoms. The summed E-state index contributed by atoms with van der Waals surface area (Å²) in [6.45, 7) is 2.69. The zero-order valence-electron chi connectivity index (χ0n) is 23.9. The highest BCUT2D eigenvalue weighted by molar-refractivity contribution is 6.02. The van der Waals surface area contributed by atoms with Crippen molar-refractivity contribution in [2.24, 2.45) is 5.41 Å². The van der Waals surface area contributed by atoms with E-state index in [2.05, 4.69) is 32.5 Å². The molecule has 1 aromatic carbocycles. The molecule has 4 aliphatic rings. The number of hydrogen-bond acceptors (Lipinski definition) is 8. The summed E-state index contributed by atoms with van der Waals surface area (Å²) in [7, 11) is 5.56. The molecule has 0 atom stereocenters. The summed E-state index contributed by atoms with van der Waals surface area (Å²) in [5.41, 5.74) is 1.68. The normalized spacial score (nSPS) is 21.6. The third-order valence-corrected chi connectivity index (χ3v) is 9.45. The lowest BCUT2D eigenvalue weighted by atomic mass is 9.67. The predicted molar refractivity (Wildman–Crippen MR) is 156 cm³/mol. The van der Waals surface area contributed by atoms with Gasteiger partial charge in [0.1, 0.15) is 11.4 Å². The molecule has 2 amide bonds. The number of amides is 2. The molecular weight excluding hydrogens is 506 g/mol. The van der Waals surface area contributed by atoms with Crippen molar-refractivity contribution in [3.05, 3.63) is 30.0 Å². The standard InChI is InChI=1S/C30H41N7O3/c1-35-15-11-21(12-16-35)32-27(38)20-9-10-23(25(17-20)40-3)33-29-31-18-24-26(34-29)37(22-7-4-5-8-22)19-30(13-6-14-30)28(39)36(24)2/h9-10,17-18,21-22H,4-8,11-16,19H2,1-3H3,(H,32,38)(H,31,33,34). The van der Waals surface area contributed by atoms with Crippen LogP contribution in [-0.2, 0) is 4.79 Å².